The molecule has 202 valence electrons. The van der Waals surface area contributed by atoms with E-state index in [9.17, 15) is 19.2 Å². The highest BCUT2D eigenvalue weighted by Crippen LogP contribution is 2.39. The van der Waals surface area contributed by atoms with E-state index in [1.54, 1.807) is 53.9 Å². The average molecular weight is 530 g/mol. The molecule has 0 radical (unpaired) electrons. The van der Waals surface area contributed by atoms with E-state index in [1.165, 1.54) is 11.8 Å². The molecule has 0 spiro atoms. The molecule has 0 saturated carbocycles. The van der Waals surface area contributed by atoms with Crippen LogP contribution in [0.4, 0.5) is 10.5 Å². The summed E-state index contributed by atoms with van der Waals surface area (Å²) in [6.45, 7) is 7.62. The number of nitrogens with zero attached hydrogens (tertiary/aromatic N) is 4. The number of anilines is 1. The lowest BCUT2D eigenvalue weighted by atomic mass is 9.89. The number of hydrogen-bond donors (Lipinski definition) is 1. The summed E-state index contributed by atoms with van der Waals surface area (Å²) in [5, 5.41) is 7.39. The molecule has 2 aliphatic heterocycles. The average Bonchev–Trinajstić information content (AvgIpc) is 3.45. The first-order valence-electron chi connectivity index (χ1n) is 13.0. The maximum atomic E-state index is 12.7. The molecule has 39 heavy (non-hydrogen) atoms. The van der Waals surface area contributed by atoms with E-state index in [1.807, 2.05) is 31.3 Å². The Bertz CT molecular complexity index is 1430. The summed E-state index contributed by atoms with van der Waals surface area (Å²) >= 11 is 0. The highest BCUT2D eigenvalue weighted by atomic mass is 16.6. The highest BCUT2D eigenvalue weighted by molar-refractivity contribution is 6.21. The molecule has 1 unspecified atom stereocenters. The van der Waals surface area contributed by atoms with Crippen LogP contribution in [-0.4, -0.2) is 57.2 Å². The quantitative estimate of drug-likeness (QED) is 0.480. The fraction of sp³-hybridized carbons (Fsp3) is 0.345. The zero-order valence-corrected chi connectivity index (χ0v) is 22.4. The van der Waals surface area contributed by atoms with Gasteiger partial charge in [0.25, 0.3) is 11.8 Å². The Morgan fingerprint density at radius 2 is 1.74 bits per heavy atom. The molecule has 4 amide bonds. The lowest BCUT2D eigenvalue weighted by Gasteiger charge is -2.39. The van der Waals surface area contributed by atoms with Crippen molar-refractivity contribution in [1.29, 1.82) is 0 Å². The van der Waals surface area contributed by atoms with Crippen LogP contribution in [0.3, 0.4) is 0 Å². The van der Waals surface area contributed by atoms with E-state index >= 15 is 0 Å². The van der Waals surface area contributed by atoms with Crippen LogP contribution in [0.15, 0.2) is 54.9 Å². The van der Waals surface area contributed by atoms with E-state index < -0.39 is 6.09 Å². The van der Waals surface area contributed by atoms with E-state index in [4.69, 9.17) is 4.74 Å². The van der Waals surface area contributed by atoms with Crippen LogP contribution in [0.1, 0.15) is 66.4 Å². The third-order valence-electron chi connectivity index (χ3n) is 7.05. The Kier molecular flexibility index (Phi) is 6.94. The summed E-state index contributed by atoms with van der Waals surface area (Å²) in [6.07, 6.45) is 3.35. The lowest BCUT2D eigenvalue weighted by molar-refractivity contribution is -0.117. The molecule has 2 aromatic carbocycles. The van der Waals surface area contributed by atoms with Gasteiger partial charge in [0, 0.05) is 37.0 Å². The molecule has 2 aliphatic rings. The summed E-state index contributed by atoms with van der Waals surface area (Å²) in [5.41, 5.74) is 4.11. The highest BCUT2D eigenvalue weighted by Gasteiger charge is 2.35. The second kappa shape index (κ2) is 10.4. The molecule has 1 N–H and O–H groups in total. The summed E-state index contributed by atoms with van der Waals surface area (Å²) in [7, 11) is 0. The number of nitrogens with one attached hydrogen (secondary N) is 1. The second-order valence-corrected chi connectivity index (χ2v) is 10.2. The molecule has 0 bridgehead atoms. The van der Waals surface area contributed by atoms with Crippen molar-refractivity contribution in [2.45, 2.75) is 58.8 Å². The SMILES string of the molecule is CC(=O)N1c2ccc(-c3cnn(CCN4C(=O)c5ccccc5C4=O)c3)cc2C(NC(=O)OC(C)C)C[C@H]1C. The van der Waals surface area contributed by atoms with Crippen LogP contribution < -0.4 is 10.2 Å². The summed E-state index contributed by atoms with van der Waals surface area (Å²) in [4.78, 5) is 53.2. The van der Waals surface area contributed by atoms with Crippen LogP contribution in [0, 0.1) is 0 Å². The van der Waals surface area contributed by atoms with E-state index in [0.29, 0.717) is 24.1 Å². The Hall–Kier alpha value is -4.47. The standard InChI is InChI=1S/C29H31N5O5/c1-17(2)39-29(38)31-25-13-18(3)34(19(4)35)26-10-9-20(14-24(25)26)21-15-30-32(16-21)11-12-33-27(36)22-7-5-6-8-23(22)28(33)37/h5-10,14-18,25H,11-13H2,1-4H3,(H,31,38)/t18-,25?/m1/s1. The van der Waals surface area contributed by atoms with Gasteiger partial charge in [0.2, 0.25) is 5.91 Å². The number of imide groups is 1. The van der Waals surface area contributed by atoms with Gasteiger partial charge in [-0.1, -0.05) is 18.2 Å². The molecule has 10 heteroatoms. The topological polar surface area (TPSA) is 114 Å². The minimum atomic E-state index is -0.504. The number of fused-ring (bicyclic) bond motifs is 2. The van der Waals surface area contributed by atoms with Crippen molar-refractivity contribution in [2.75, 3.05) is 11.4 Å². The Morgan fingerprint density at radius 1 is 1.05 bits per heavy atom. The molecule has 10 nitrogen and oxygen atoms in total. The molecular weight excluding hydrogens is 498 g/mol. The van der Waals surface area contributed by atoms with Gasteiger partial charge in [-0.05, 0) is 62.6 Å². The minimum absolute atomic E-state index is 0.0688. The molecule has 3 heterocycles. The third kappa shape index (κ3) is 5.01. The number of carbonyl (C=O) groups is 4. The maximum Gasteiger partial charge on any atom is 0.407 e. The molecular formula is C29H31N5O5. The van der Waals surface area contributed by atoms with Crippen molar-refractivity contribution < 1.29 is 23.9 Å². The van der Waals surface area contributed by atoms with Gasteiger partial charge in [-0.2, -0.15) is 5.10 Å². The smallest absolute Gasteiger partial charge is 0.407 e. The summed E-state index contributed by atoms with van der Waals surface area (Å²) < 4.78 is 7.00. The molecule has 1 aromatic heterocycles. The number of alkyl carbamates (subject to hydrolysis) is 1. The third-order valence-corrected chi connectivity index (χ3v) is 7.05. The normalized spacial score (nSPS) is 18.3. The number of ether oxygens (including phenoxy) is 1. The fourth-order valence-corrected chi connectivity index (χ4v) is 5.33. The van der Waals surface area contributed by atoms with Gasteiger partial charge in [-0.15, -0.1) is 0 Å². The van der Waals surface area contributed by atoms with Crippen molar-refractivity contribution in [3.05, 3.63) is 71.5 Å². The van der Waals surface area contributed by atoms with Gasteiger partial charge in [-0.3, -0.25) is 24.0 Å². The van der Waals surface area contributed by atoms with E-state index in [2.05, 4.69) is 10.4 Å². The van der Waals surface area contributed by atoms with Crippen LogP contribution in [0.5, 0.6) is 0 Å². The summed E-state index contributed by atoms with van der Waals surface area (Å²) in [5.74, 6) is -0.659. The lowest BCUT2D eigenvalue weighted by Crippen LogP contribution is -2.45. The van der Waals surface area contributed by atoms with Gasteiger partial charge in [-0.25, -0.2) is 4.79 Å². The largest absolute Gasteiger partial charge is 0.447 e. The fourth-order valence-electron chi connectivity index (χ4n) is 5.33. The van der Waals surface area contributed by atoms with E-state index in [0.717, 1.165) is 22.4 Å². The Labute approximate surface area is 226 Å². The molecule has 0 aliphatic carbocycles. The summed E-state index contributed by atoms with van der Waals surface area (Å²) in [6, 6.07) is 12.2. The first kappa shape index (κ1) is 26.1. The second-order valence-electron chi connectivity index (χ2n) is 10.2. The van der Waals surface area contributed by atoms with Crippen molar-refractivity contribution in [1.82, 2.24) is 20.0 Å². The predicted octanol–water partition coefficient (Wildman–Crippen LogP) is 4.17. The Balaban J connectivity index is 1.36. The van der Waals surface area contributed by atoms with Crippen molar-refractivity contribution in [2.24, 2.45) is 0 Å². The van der Waals surface area contributed by atoms with Gasteiger partial charge < -0.3 is 15.0 Å². The Morgan fingerprint density at radius 3 is 2.38 bits per heavy atom. The van der Waals surface area contributed by atoms with Gasteiger partial charge in [0.05, 0.1) is 36.0 Å². The van der Waals surface area contributed by atoms with Crippen LogP contribution >= 0.6 is 0 Å². The first-order chi connectivity index (χ1) is 18.6. The molecule has 5 rings (SSSR count). The number of amides is 4. The van der Waals surface area contributed by atoms with Gasteiger partial charge in [0.15, 0.2) is 0 Å². The molecule has 2 atom stereocenters. The number of hydrogen-bond acceptors (Lipinski definition) is 6. The molecule has 3 aromatic rings. The van der Waals surface area contributed by atoms with Gasteiger partial charge >= 0.3 is 6.09 Å². The zero-order valence-electron chi connectivity index (χ0n) is 22.4. The maximum absolute atomic E-state index is 12.7. The van der Waals surface area contributed by atoms with Crippen molar-refractivity contribution >= 4 is 29.5 Å². The zero-order chi connectivity index (χ0) is 27.8. The number of carbonyl (C=O) groups excluding carboxylic acids is 4. The molecule has 0 saturated heterocycles. The van der Waals surface area contributed by atoms with E-state index in [-0.39, 0.29) is 42.5 Å². The van der Waals surface area contributed by atoms with Crippen LogP contribution in [0.2, 0.25) is 0 Å². The van der Waals surface area contributed by atoms with Crippen molar-refractivity contribution in [3.63, 3.8) is 0 Å². The monoisotopic (exact) mass is 529 g/mol. The van der Waals surface area contributed by atoms with Crippen LogP contribution in [0.25, 0.3) is 11.1 Å². The first-order valence-corrected chi connectivity index (χ1v) is 13.0. The molecule has 0 fully saturated rings. The van der Waals surface area contributed by atoms with Crippen LogP contribution in [-0.2, 0) is 16.1 Å². The van der Waals surface area contributed by atoms with Crippen molar-refractivity contribution in [3.8, 4) is 11.1 Å². The number of benzene rings is 2. The predicted molar refractivity (Wildman–Crippen MR) is 144 cm³/mol. The number of rotatable bonds is 6. The van der Waals surface area contributed by atoms with Gasteiger partial charge in [0.1, 0.15) is 0 Å². The number of aromatic nitrogens is 2. The minimum Gasteiger partial charge on any atom is -0.447 e.